The van der Waals surface area contributed by atoms with Gasteiger partial charge in [-0.25, -0.2) is 0 Å². The van der Waals surface area contributed by atoms with Gasteiger partial charge in [0.25, 0.3) is 0 Å². The van der Waals surface area contributed by atoms with Crippen molar-refractivity contribution in [2.75, 3.05) is 13.2 Å². The van der Waals surface area contributed by atoms with Crippen molar-refractivity contribution >= 4 is 12.2 Å². The topological polar surface area (TPSA) is 71.8 Å². The molecular weight excluding hydrogens is 629 g/mol. The van der Waals surface area contributed by atoms with Crippen LogP contribution >= 0.6 is 0 Å². The number of hydrogen-bond acceptors (Lipinski definition) is 5. The molecule has 0 radical (unpaired) electrons. The van der Waals surface area contributed by atoms with Crippen LogP contribution < -0.4 is 0 Å². The minimum atomic E-state index is -5.90. The second-order valence-electron chi connectivity index (χ2n) is 16.0. The van der Waals surface area contributed by atoms with Gasteiger partial charge < -0.3 is 19.7 Å². The highest BCUT2D eigenvalue weighted by molar-refractivity contribution is 5.69. The normalized spacial score (nSPS) is 36.2. The van der Waals surface area contributed by atoms with Gasteiger partial charge in [0.15, 0.2) is 5.79 Å². The van der Waals surface area contributed by atoms with Gasteiger partial charge in [0, 0.05) is 42.0 Å². The maximum Gasteiger partial charge on any atom is 0.456 e. The number of aliphatic hydroxyl groups is 2. The largest absolute Gasteiger partial charge is 0.456 e. The molecule has 0 unspecified atom stereocenters. The van der Waals surface area contributed by atoms with Gasteiger partial charge >= 0.3 is 12.1 Å². The lowest BCUT2D eigenvalue weighted by molar-refractivity contribution is -0.362. The van der Waals surface area contributed by atoms with Crippen molar-refractivity contribution < 1.29 is 41.6 Å². The number of benzene rings is 1. The minimum Gasteiger partial charge on any atom is -0.385 e. The number of hydrogen-bond donors (Lipinski definition) is 2. The Bertz CT molecular complexity index is 1610. The Morgan fingerprint density at radius 1 is 0.896 bits per heavy atom. The molecule has 1 saturated heterocycles. The van der Waals surface area contributed by atoms with Crippen molar-refractivity contribution in [1.82, 2.24) is 4.98 Å². The molecule has 0 bridgehead atoms. The zero-order chi connectivity index (χ0) is 34.4. The Kier molecular flexibility index (Phi) is 7.87. The van der Waals surface area contributed by atoms with Crippen LogP contribution in [0.1, 0.15) is 94.7 Å². The van der Waals surface area contributed by atoms with Crippen LogP contribution in [0.15, 0.2) is 59.9 Å². The molecule has 2 heterocycles. The number of ether oxygens (including phenoxy) is 2. The summed E-state index contributed by atoms with van der Waals surface area (Å²) in [5.74, 6) is -7.77. The maximum absolute atomic E-state index is 15.4. The Morgan fingerprint density at radius 2 is 1.60 bits per heavy atom. The smallest absolute Gasteiger partial charge is 0.385 e. The zero-order valence-electron chi connectivity index (χ0n) is 27.6. The summed E-state index contributed by atoms with van der Waals surface area (Å²) in [6.07, 6.45) is 2.54. The molecule has 1 aromatic carbocycles. The Hall–Kier alpha value is -2.66. The summed E-state index contributed by atoms with van der Waals surface area (Å²) >= 11 is 0. The van der Waals surface area contributed by atoms with Gasteiger partial charge in [0.05, 0.1) is 18.8 Å². The molecule has 0 amide bonds. The van der Waals surface area contributed by atoms with Crippen LogP contribution in [0.2, 0.25) is 0 Å². The third-order valence-corrected chi connectivity index (χ3v) is 12.4. The standard InChI is InChI=1S/C38H44F5NO4/c1-32(2)22-47-35(48-23-32)15-12-30-31-27(11-14-34(30,45)21-35)29-13-16-36(46,37(39,40)38(41,42)43)33(29,3)19-28(31)26-8-4-6-24(18-26)9-10-25-7-5-17-44-20-25/h4-10,17-18,20,27-29,45-46H,11-16,19,21-23H2,1-3H3/t27-,28+,29-,33-,34+,36-/m0/s1. The number of halogens is 5. The first kappa shape index (κ1) is 33.8. The van der Waals surface area contributed by atoms with Gasteiger partial charge in [-0.3, -0.25) is 4.98 Å². The first-order valence-electron chi connectivity index (χ1n) is 17.0. The van der Waals surface area contributed by atoms with E-state index in [0.29, 0.717) is 38.9 Å². The van der Waals surface area contributed by atoms with Crippen molar-refractivity contribution in [3.8, 4) is 0 Å². The highest BCUT2D eigenvalue weighted by Gasteiger charge is 2.79. The van der Waals surface area contributed by atoms with E-state index in [1.165, 1.54) is 6.92 Å². The predicted molar refractivity (Wildman–Crippen MR) is 171 cm³/mol. The van der Waals surface area contributed by atoms with Crippen molar-refractivity contribution in [1.29, 1.82) is 0 Å². The van der Waals surface area contributed by atoms with Crippen molar-refractivity contribution in [2.45, 2.75) is 107 Å². The van der Waals surface area contributed by atoms with Gasteiger partial charge in [0.1, 0.15) is 5.60 Å². The molecule has 3 saturated carbocycles. The van der Waals surface area contributed by atoms with E-state index in [9.17, 15) is 23.4 Å². The van der Waals surface area contributed by atoms with Crippen LogP contribution in [-0.2, 0) is 9.47 Å². The number of rotatable bonds is 4. The third-order valence-electron chi connectivity index (χ3n) is 12.4. The first-order chi connectivity index (χ1) is 22.4. The van der Waals surface area contributed by atoms with Crippen LogP contribution in [0.3, 0.4) is 0 Å². The van der Waals surface area contributed by atoms with Gasteiger partial charge in [-0.15, -0.1) is 0 Å². The second-order valence-corrected chi connectivity index (χ2v) is 16.0. The highest BCUT2D eigenvalue weighted by Crippen LogP contribution is 2.71. The molecule has 7 rings (SSSR count). The molecule has 1 aliphatic heterocycles. The molecule has 4 fully saturated rings. The second kappa shape index (κ2) is 11.2. The zero-order valence-corrected chi connectivity index (χ0v) is 27.6. The summed E-state index contributed by atoms with van der Waals surface area (Å²) in [6.45, 7) is 6.54. The fraction of sp³-hybridized carbons (Fsp3) is 0.605. The van der Waals surface area contributed by atoms with Crippen molar-refractivity contribution in [3.05, 3.63) is 76.6 Å². The number of aromatic nitrogens is 1. The lowest BCUT2D eigenvalue weighted by Crippen LogP contribution is -2.65. The lowest BCUT2D eigenvalue weighted by atomic mass is 9.49. The Balaban J connectivity index is 1.33. The Morgan fingerprint density at radius 3 is 2.29 bits per heavy atom. The lowest BCUT2D eigenvalue weighted by Gasteiger charge is -2.59. The molecule has 2 N–H and O–H groups in total. The van der Waals surface area contributed by atoms with Gasteiger partial charge in [-0.1, -0.05) is 68.8 Å². The summed E-state index contributed by atoms with van der Waals surface area (Å²) in [7, 11) is 0. The molecule has 48 heavy (non-hydrogen) atoms. The first-order valence-corrected chi connectivity index (χ1v) is 17.0. The number of pyridine rings is 1. The molecule has 1 aromatic heterocycles. The molecule has 5 aliphatic rings. The number of nitrogens with zero attached hydrogens (tertiary/aromatic N) is 1. The van der Waals surface area contributed by atoms with E-state index in [1.807, 2.05) is 48.6 Å². The quantitative estimate of drug-likeness (QED) is 0.252. The van der Waals surface area contributed by atoms with Gasteiger partial charge in [0.2, 0.25) is 0 Å². The summed E-state index contributed by atoms with van der Waals surface area (Å²) in [4.78, 5) is 4.14. The van der Waals surface area contributed by atoms with E-state index in [4.69, 9.17) is 9.47 Å². The van der Waals surface area contributed by atoms with Crippen molar-refractivity contribution in [2.24, 2.45) is 22.7 Å². The van der Waals surface area contributed by atoms with E-state index in [-0.39, 0.29) is 30.6 Å². The number of fused-ring (bicyclic) bond motifs is 4. The van der Waals surface area contributed by atoms with E-state index >= 15 is 8.78 Å². The third kappa shape index (κ3) is 5.19. The van der Waals surface area contributed by atoms with Crippen molar-refractivity contribution in [3.63, 3.8) is 0 Å². The molecular formula is C38H44F5NO4. The Labute approximate surface area is 278 Å². The fourth-order valence-corrected chi connectivity index (χ4v) is 9.85. The van der Waals surface area contributed by atoms with Crippen LogP contribution in [0.4, 0.5) is 22.0 Å². The van der Waals surface area contributed by atoms with E-state index < -0.39 is 52.8 Å². The van der Waals surface area contributed by atoms with Crippen LogP contribution in [0.5, 0.6) is 0 Å². The van der Waals surface area contributed by atoms with Crippen LogP contribution in [-0.4, -0.2) is 57.5 Å². The molecule has 4 aliphatic carbocycles. The van der Waals surface area contributed by atoms with E-state index in [0.717, 1.165) is 27.8 Å². The molecule has 1 spiro atoms. The molecule has 260 valence electrons. The monoisotopic (exact) mass is 673 g/mol. The predicted octanol–water partition coefficient (Wildman–Crippen LogP) is 8.48. The summed E-state index contributed by atoms with van der Waals surface area (Å²) in [5.41, 5.74) is -2.18. The summed E-state index contributed by atoms with van der Waals surface area (Å²) in [6, 6.07) is 11.3. The molecule has 2 aromatic rings. The average molecular weight is 674 g/mol. The van der Waals surface area contributed by atoms with Crippen LogP contribution in [0.25, 0.3) is 12.2 Å². The molecule has 10 heteroatoms. The van der Waals surface area contributed by atoms with E-state index in [1.54, 1.807) is 12.4 Å². The SMILES string of the molecule is CC1(C)COC2(CCC3=C4[C@@H](CC[C@@]3(O)C2)[C@@H]2CC[C@@](O)(C(F)(F)C(F)(F)F)[C@@]2(C)C[C@@H]4c2cccc(C=Cc3cccnc3)c2)OC1. The molecule has 5 nitrogen and oxygen atoms in total. The van der Waals surface area contributed by atoms with Gasteiger partial charge in [-0.05, 0) is 78.7 Å². The maximum atomic E-state index is 15.4. The highest BCUT2D eigenvalue weighted by atomic mass is 19.4. The van der Waals surface area contributed by atoms with Gasteiger partial charge in [-0.2, -0.15) is 22.0 Å². The number of alkyl halides is 5. The van der Waals surface area contributed by atoms with Crippen LogP contribution in [0, 0.1) is 22.7 Å². The average Bonchev–Trinajstić information content (AvgIpc) is 3.32. The molecule has 6 atom stereocenters. The summed E-state index contributed by atoms with van der Waals surface area (Å²) in [5, 5.41) is 24.0. The fourth-order valence-electron chi connectivity index (χ4n) is 9.85. The number of allylic oxidation sites excluding steroid dienone is 1. The minimum absolute atomic E-state index is 0.0460. The van der Waals surface area contributed by atoms with E-state index in [2.05, 4.69) is 18.8 Å². The summed E-state index contributed by atoms with van der Waals surface area (Å²) < 4.78 is 85.5.